The molecule has 2 saturated heterocycles. The number of piperidine rings is 2. The summed E-state index contributed by atoms with van der Waals surface area (Å²) < 4.78 is 0. The summed E-state index contributed by atoms with van der Waals surface area (Å²) in [6.07, 6.45) is 2.79. The maximum Gasteiger partial charge on any atom is 0.247 e. The monoisotopic (exact) mass is 359 g/mol. The van der Waals surface area contributed by atoms with Gasteiger partial charge in [-0.1, -0.05) is 5.57 Å². The summed E-state index contributed by atoms with van der Waals surface area (Å²) in [4.78, 5) is 25.0. The van der Waals surface area contributed by atoms with E-state index in [9.17, 15) is 9.59 Å². The van der Waals surface area contributed by atoms with Crippen molar-refractivity contribution in [3.63, 3.8) is 0 Å². The van der Waals surface area contributed by atoms with Crippen LogP contribution in [-0.2, 0) is 9.59 Å². The molecule has 2 fully saturated rings. The molecule has 3 heterocycles. The molecule has 0 radical (unpaired) electrons. The number of hydrogen-bond acceptors (Lipinski definition) is 5. The molecule has 7 nitrogen and oxygen atoms in total. The van der Waals surface area contributed by atoms with Crippen molar-refractivity contribution in [2.45, 2.75) is 57.7 Å². The number of hydrogen-bond donors (Lipinski definition) is 4. The largest absolute Gasteiger partial charge is 0.352 e. The highest BCUT2D eigenvalue weighted by Crippen LogP contribution is 2.28. The molecule has 3 aliphatic heterocycles. The fourth-order valence-corrected chi connectivity index (χ4v) is 4.35. The van der Waals surface area contributed by atoms with Gasteiger partial charge >= 0.3 is 0 Å². The fraction of sp³-hybridized carbons (Fsp3) is 0.737. The zero-order valence-electron chi connectivity index (χ0n) is 15.6. The second-order valence-electron chi connectivity index (χ2n) is 7.79. The van der Waals surface area contributed by atoms with Crippen LogP contribution in [0.2, 0.25) is 0 Å². The van der Waals surface area contributed by atoms with Gasteiger partial charge in [-0.3, -0.25) is 9.59 Å². The first-order chi connectivity index (χ1) is 12.5. The highest BCUT2D eigenvalue weighted by molar-refractivity contribution is 6.00. The Morgan fingerprint density at radius 1 is 1.35 bits per heavy atom. The quantitative estimate of drug-likeness (QED) is 0.574. The maximum absolute atomic E-state index is 12.5. The topological polar surface area (TPSA) is 106 Å². The Bertz CT molecular complexity index is 630. The van der Waals surface area contributed by atoms with Gasteiger partial charge in [0.2, 0.25) is 11.8 Å². The lowest BCUT2D eigenvalue weighted by Crippen LogP contribution is -2.54. The molecule has 0 aromatic rings. The first kappa shape index (κ1) is 18.9. The van der Waals surface area contributed by atoms with E-state index in [1.165, 1.54) is 0 Å². The average Bonchev–Trinajstić information content (AvgIpc) is 2.65. The summed E-state index contributed by atoms with van der Waals surface area (Å²) >= 11 is 0. The van der Waals surface area contributed by atoms with Crippen molar-refractivity contribution in [3.8, 4) is 6.07 Å². The lowest BCUT2D eigenvalue weighted by molar-refractivity contribution is -0.124. The molecule has 26 heavy (non-hydrogen) atoms. The zero-order valence-corrected chi connectivity index (χ0v) is 15.6. The standard InChI is InChI=1S/C19H29N5O2/c1-11-14(19(26)24-17-5-6-21-10-15(11)17)7-18(25)23-12(2)16-4-3-13(8-20)9-22-16/h12-13,15-17,21-22H,3-7,9-10H2,1-2H3,(H,23,25)(H,24,26)/t12-,13?,15?,16?,17?/m1/s1. The predicted octanol–water partition coefficient (Wildman–Crippen LogP) is 0.197. The minimum atomic E-state index is -0.117. The van der Waals surface area contributed by atoms with Crippen molar-refractivity contribution in [1.82, 2.24) is 21.3 Å². The minimum absolute atomic E-state index is 0.0289. The van der Waals surface area contributed by atoms with E-state index in [0.29, 0.717) is 12.1 Å². The number of carbonyl (C=O) groups excluding carboxylic acids is 2. The Hall–Kier alpha value is -1.91. The summed E-state index contributed by atoms with van der Waals surface area (Å²) in [6.45, 7) is 6.41. The summed E-state index contributed by atoms with van der Waals surface area (Å²) in [7, 11) is 0. The molecule has 3 rings (SSSR count). The van der Waals surface area contributed by atoms with Gasteiger partial charge in [-0.2, -0.15) is 5.26 Å². The number of carbonyl (C=O) groups is 2. The molecule has 3 aliphatic rings. The van der Waals surface area contributed by atoms with E-state index in [0.717, 1.165) is 37.9 Å². The summed E-state index contributed by atoms with van der Waals surface area (Å²) in [5.74, 6) is 0.129. The van der Waals surface area contributed by atoms with Crippen molar-refractivity contribution in [1.29, 1.82) is 5.26 Å². The molecular weight excluding hydrogens is 330 g/mol. The van der Waals surface area contributed by atoms with Crippen LogP contribution in [0.15, 0.2) is 11.1 Å². The zero-order chi connectivity index (χ0) is 18.7. The van der Waals surface area contributed by atoms with Gasteiger partial charge in [0.1, 0.15) is 0 Å². The van der Waals surface area contributed by atoms with Gasteiger partial charge in [0.25, 0.3) is 0 Å². The molecule has 7 heteroatoms. The van der Waals surface area contributed by atoms with Gasteiger partial charge in [0, 0.05) is 42.7 Å². The van der Waals surface area contributed by atoms with Gasteiger partial charge in [-0.05, 0) is 39.7 Å². The molecule has 0 spiro atoms. The lowest BCUT2D eigenvalue weighted by Gasteiger charge is -2.38. The number of amides is 2. The van der Waals surface area contributed by atoms with E-state index in [4.69, 9.17) is 5.26 Å². The average molecular weight is 359 g/mol. The molecule has 4 unspecified atom stereocenters. The predicted molar refractivity (Wildman–Crippen MR) is 98.0 cm³/mol. The molecule has 0 saturated carbocycles. The van der Waals surface area contributed by atoms with E-state index in [1.807, 2.05) is 13.8 Å². The van der Waals surface area contributed by atoms with E-state index in [-0.39, 0.29) is 48.2 Å². The van der Waals surface area contributed by atoms with Crippen molar-refractivity contribution >= 4 is 11.8 Å². The molecular formula is C19H29N5O2. The van der Waals surface area contributed by atoms with Crippen LogP contribution >= 0.6 is 0 Å². The molecule has 2 amide bonds. The van der Waals surface area contributed by atoms with Crippen LogP contribution < -0.4 is 21.3 Å². The van der Waals surface area contributed by atoms with E-state index in [1.54, 1.807) is 0 Å². The van der Waals surface area contributed by atoms with Gasteiger partial charge < -0.3 is 21.3 Å². The van der Waals surface area contributed by atoms with Crippen LogP contribution in [0, 0.1) is 23.2 Å². The van der Waals surface area contributed by atoms with Crippen LogP contribution in [0.4, 0.5) is 0 Å². The third-order valence-corrected chi connectivity index (χ3v) is 6.07. The van der Waals surface area contributed by atoms with Gasteiger partial charge in [0.05, 0.1) is 18.4 Å². The van der Waals surface area contributed by atoms with Crippen LogP contribution in [-0.4, -0.2) is 49.6 Å². The Labute approximate surface area is 155 Å². The molecule has 5 atom stereocenters. The number of fused-ring (bicyclic) bond motifs is 1. The molecule has 4 N–H and O–H groups in total. The van der Waals surface area contributed by atoms with Crippen molar-refractivity contribution in [2.24, 2.45) is 11.8 Å². The lowest BCUT2D eigenvalue weighted by atomic mass is 9.81. The number of rotatable bonds is 4. The summed E-state index contributed by atoms with van der Waals surface area (Å²) in [5, 5.41) is 21.8. The first-order valence-electron chi connectivity index (χ1n) is 9.63. The Balaban J connectivity index is 1.57. The Kier molecular flexibility index (Phi) is 5.94. The number of nitrogens with zero attached hydrogens (tertiary/aromatic N) is 1. The first-order valence-corrected chi connectivity index (χ1v) is 9.63. The van der Waals surface area contributed by atoms with Crippen molar-refractivity contribution in [3.05, 3.63) is 11.1 Å². The molecule has 0 aromatic carbocycles. The fourth-order valence-electron chi connectivity index (χ4n) is 4.35. The van der Waals surface area contributed by atoms with Crippen LogP contribution in [0.5, 0.6) is 0 Å². The SMILES string of the molecule is CC1=C(CC(=O)N[C@H](C)C2CCC(C#N)CN2)C(=O)NC2CCNCC12. The second-order valence-corrected chi connectivity index (χ2v) is 7.79. The van der Waals surface area contributed by atoms with Crippen molar-refractivity contribution in [2.75, 3.05) is 19.6 Å². The van der Waals surface area contributed by atoms with Crippen molar-refractivity contribution < 1.29 is 9.59 Å². The molecule has 0 bridgehead atoms. The summed E-state index contributed by atoms with van der Waals surface area (Å²) in [5.41, 5.74) is 1.65. The van der Waals surface area contributed by atoms with Gasteiger partial charge in [-0.15, -0.1) is 0 Å². The highest BCUT2D eigenvalue weighted by atomic mass is 16.2. The number of nitriles is 1. The van der Waals surface area contributed by atoms with E-state index in [2.05, 4.69) is 27.3 Å². The highest BCUT2D eigenvalue weighted by Gasteiger charge is 2.36. The summed E-state index contributed by atoms with van der Waals surface area (Å²) in [6, 6.07) is 2.62. The molecule has 142 valence electrons. The number of nitrogens with one attached hydrogen (secondary N) is 4. The van der Waals surface area contributed by atoms with Crippen LogP contribution in [0.1, 0.15) is 39.5 Å². The normalized spacial score (nSPS) is 32.9. The Morgan fingerprint density at radius 3 is 2.85 bits per heavy atom. The third-order valence-electron chi connectivity index (χ3n) is 6.07. The smallest absolute Gasteiger partial charge is 0.247 e. The van der Waals surface area contributed by atoms with Gasteiger partial charge in [-0.25, -0.2) is 0 Å². The van der Waals surface area contributed by atoms with E-state index < -0.39 is 0 Å². The molecule has 0 aromatic heterocycles. The van der Waals surface area contributed by atoms with E-state index >= 15 is 0 Å². The third kappa shape index (κ3) is 4.08. The maximum atomic E-state index is 12.5. The van der Waals surface area contributed by atoms with Gasteiger partial charge in [0.15, 0.2) is 0 Å². The minimum Gasteiger partial charge on any atom is -0.352 e. The van der Waals surface area contributed by atoms with Crippen LogP contribution in [0.25, 0.3) is 0 Å². The Morgan fingerprint density at radius 2 is 2.15 bits per heavy atom. The second kappa shape index (κ2) is 8.19. The van der Waals surface area contributed by atoms with Crippen LogP contribution in [0.3, 0.4) is 0 Å². The molecule has 0 aliphatic carbocycles.